The Balaban J connectivity index is 1.02. The summed E-state index contributed by atoms with van der Waals surface area (Å²) in [6.45, 7) is 8.94. The molecular weight excluding hydrogens is 839 g/mol. The molecule has 0 saturated heterocycles. The maximum atomic E-state index is 13.7. The summed E-state index contributed by atoms with van der Waals surface area (Å²) < 4.78 is 3.39. The summed E-state index contributed by atoms with van der Waals surface area (Å²) in [4.78, 5) is 50.2. The quantitative estimate of drug-likeness (QED) is 0.0540. The smallest absolute Gasteiger partial charge is 0.259 e. The summed E-state index contributed by atoms with van der Waals surface area (Å²) in [7, 11) is 1.62. The van der Waals surface area contributed by atoms with Gasteiger partial charge in [-0.15, -0.1) is 0 Å². The van der Waals surface area contributed by atoms with E-state index in [0.29, 0.717) is 69.8 Å². The zero-order valence-corrected chi connectivity index (χ0v) is 36.4. The van der Waals surface area contributed by atoms with E-state index in [2.05, 4.69) is 36.2 Å². The lowest BCUT2D eigenvalue weighted by Crippen LogP contribution is -2.29. The molecule has 1 atom stereocenters. The van der Waals surface area contributed by atoms with Gasteiger partial charge in [0.2, 0.25) is 5.95 Å². The lowest BCUT2D eigenvalue weighted by atomic mass is 9.96. The average molecular weight is 884 g/mol. The van der Waals surface area contributed by atoms with Crippen molar-refractivity contribution in [3.63, 3.8) is 0 Å². The number of aliphatic hydroxyl groups excluding tert-OH is 1. The number of anilines is 5. The average Bonchev–Trinajstić information content (AvgIpc) is 3.67. The van der Waals surface area contributed by atoms with E-state index in [-0.39, 0.29) is 68.7 Å². The fourth-order valence-electron chi connectivity index (χ4n) is 6.81. The molecule has 7 N–H and O–H groups in total. The molecule has 0 bridgehead atoms. The molecule has 0 spiro atoms. The molecule has 0 unspecified atom stereocenters. The van der Waals surface area contributed by atoms with Crippen molar-refractivity contribution in [2.45, 2.75) is 46.2 Å². The number of nitrogens with two attached hydrogens (primary N) is 1. The van der Waals surface area contributed by atoms with Crippen molar-refractivity contribution in [1.29, 1.82) is 0 Å². The summed E-state index contributed by atoms with van der Waals surface area (Å²) in [6, 6.07) is 17.7. The van der Waals surface area contributed by atoms with Gasteiger partial charge in [0.15, 0.2) is 17.0 Å². The van der Waals surface area contributed by atoms with Gasteiger partial charge in [0, 0.05) is 67.2 Å². The van der Waals surface area contributed by atoms with Gasteiger partial charge in [-0.3, -0.25) is 14.2 Å². The zero-order valence-electron chi connectivity index (χ0n) is 34.1. The predicted molar refractivity (Wildman–Crippen MR) is 244 cm³/mol. The molecule has 7 aromatic rings. The van der Waals surface area contributed by atoms with Gasteiger partial charge in [-0.2, -0.15) is 4.98 Å². The SMILES string of the molecule is CC(C)[C@H](CO)c1nc(Nc2ccc(C(=O)NCCNc3ccc(Cl)c(-c4cc5cnc(Nc6ccc(CN)cc6)nc5n(C)c4=O)c3Cl)c(Cl)c2)c2ncn(C(C)C)c2n1. The van der Waals surface area contributed by atoms with Crippen LogP contribution in [-0.2, 0) is 13.6 Å². The Morgan fingerprint density at radius 2 is 1.62 bits per heavy atom. The largest absolute Gasteiger partial charge is 0.396 e. The van der Waals surface area contributed by atoms with Gasteiger partial charge in [-0.1, -0.05) is 60.8 Å². The van der Waals surface area contributed by atoms with Crippen molar-refractivity contribution in [3.05, 3.63) is 116 Å². The number of nitrogens with one attached hydrogen (secondary N) is 4. The number of carbonyl (C=O) groups excluding carboxylic acids is 1. The molecule has 3 aromatic carbocycles. The molecular formula is C43H45Cl3N12O3. The normalized spacial score (nSPS) is 12.1. The molecule has 0 saturated carbocycles. The number of fused-ring (bicyclic) bond motifs is 2. The number of nitrogens with zero attached hydrogens (tertiary/aromatic N) is 7. The number of rotatable bonds is 15. The summed E-state index contributed by atoms with van der Waals surface area (Å²) >= 11 is 20.2. The number of amides is 1. The van der Waals surface area contributed by atoms with E-state index in [4.69, 9.17) is 50.5 Å². The minimum absolute atomic E-state index is 0.0984. The molecule has 7 rings (SSSR count). The lowest BCUT2D eigenvalue weighted by Gasteiger charge is -2.19. The van der Waals surface area contributed by atoms with Crippen LogP contribution in [-0.4, -0.2) is 64.8 Å². The molecule has 0 aliphatic carbocycles. The second-order valence-electron chi connectivity index (χ2n) is 15.1. The van der Waals surface area contributed by atoms with Crippen molar-refractivity contribution in [2.75, 3.05) is 35.6 Å². The minimum Gasteiger partial charge on any atom is -0.396 e. The van der Waals surface area contributed by atoms with Crippen molar-refractivity contribution in [3.8, 4) is 11.1 Å². The summed E-state index contributed by atoms with van der Waals surface area (Å²) in [5.74, 6) is 0.734. The number of halogens is 3. The first-order valence-corrected chi connectivity index (χ1v) is 20.8. The molecule has 18 heteroatoms. The highest BCUT2D eigenvalue weighted by atomic mass is 35.5. The highest BCUT2D eigenvalue weighted by Gasteiger charge is 2.24. The van der Waals surface area contributed by atoms with Gasteiger partial charge in [0.25, 0.3) is 11.5 Å². The summed E-state index contributed by atoms with van der Waals surface area (Å²) in [6.07, 6.45) is 3.35. The van der Waals surface area contributed by atoms with Gasteiger partial charge in [-0.05, 0) is 73.9 Å². The van der Waals surface area contributed by atoms with Crippen LogP contribution in [0.1, 0.15) is 61.4 Å². The fourth-order valence-corrected chi connectivity index (χ4v) is 7.72. The van der Waals surface area contributed by atoms with E-state index < -0.39 is 0 Å². The molecule has 4 aromatic heterocycles. The molecule has 1 amide bonds. The second-order valence-corrected chi connectivity index (χ2v) is 16.3. The van der Waals surface area contributed by atoms with Crippen molar-refractivity contribution in [1.82, 2.24) is 39.4 Å². The molecule has 0 fully saturated rings. The van der Waals surface area contributed by atoms with Crippen LogP contribution in [0, 0.1) is 5.92 Å². The Hall–Kier alpha value is -5.84. The van der Waals surface area contributed by atoms with Gasteiger partial charge < -0.3 is 36.7 Å². The molecule has 0 radical (unpaired) electrons. The van der Waals surface area contributed by atoms with E-state index in [1.165, 1.54) is 4.57 Å². The molecule has 61 heavy (non-hydrogen) atoms. The number of aliphatic hydroxyl groups is 1. The van der Waals surface area contributed by atoms with Crippen LogP contribution in [0.5, 0.6) is 0 Å². The first kappa shape index (κ1) is 43.3. The first-order valence-electron chi connectivity index (χ1n) is 19.6. The highest BCUT2D eigenvalue weighted by molar-refractivity contribution is 6.41. The van der Waals surface area contributed by atoms with Crippen molar-refractivity contribution in [2.24, 2.45) is 18.7 Å². The molecule has 0 aliphatic heterocycles. The Labute approximate surface area is 366 Å². The molecule has 4 heterocycles. The van der Waals surface area contributed by atoms with Crippen LogP contribution in [0.2, 0.25) is 15.1 Å². The summed E-state index contributed by atoms with van der Waals surface area (Å²) in [5, 5.41) is 24.1. The third kappa shape index (κ3) is 9.11. The number of aromatic nitrogens is 7. The van der Waals surface area contributed by atoms with E-state index in [9.17, 15) is 14.7 Å². The number of benzene rings is 3. The van der Waals surface area contributed by atoms with Gasteiger partial charge in [-0.25, -0.2) is 19.9 Å². The van der Waals surface area contributed by atoms with Crippen LogP contribution in [0.3, 0.4) is 0 Å². The van der Waals surface area contributed by atoms with Gasteiger partial charge in [0.05, 0.1) is 44.8 Å². The number of imidazole rings is 1. The molecule has 15 nitrogen and oxygen atoms in total. The van der Waals surface area contributed by atoms with E-state index in [0.717, 1.165) is 11.3 Å². The van der Waals surface area contributed by atoms with Crippen LogP contribution < -0.4 is 32.6 Å². The van der Waals surface area contributed by atoms with Crippen molar-refractivity contribution < 1.29 is 9.90 Å². The Bertz CT molecular complexity index is 2810. The second kappa shape index (κ2) is 18.4. The first-order chi connectivity index (χ1) is 29.3. The number of carbonyl (C=O) groups is 1. The van der Waals surface area contributed by atoms with E-state index >= 15 is 0 Å². The zero-order chi connectivity index (χ0) is 43.5. The maximum Gasteiger partial charge on any atom is 0.259 e. The van der Waals surface area contributed by atoms with Gasteiger partial charge in [0.1, 0.15) is 11.5 Å². The minimum atomic E-state index is -0.379. The van der Waals surface area contributed by atoms with Crippen molar-refractivity contribution >= 4 is 91.7 Å². The third-order valence-electron chi connectivity index (χ3n) is 10.3. The van der Waals surface area contributed by atoms with Crippen LogP contribution >= 0.6 is 34.8 Å². The number of aryl methyl sites for hydroxylation is 1. The van der Waals surface area contributed by atoms with Crippen LogP contribution in [0.4, 0.5) is 28.8 Å². The molecule has 0 aliphatic rings. The highest BCUT2D eigenvalue weighted by Crippen LogP contribution is 2.39. The topological polar surface area (TPSA) is 203 Å². The summed E-state index contributed by atoms with van der Waals surface area (Å²) in [5.41, 5.74) is 10.8. The fraction of sp³-hybridized carbons (Fsp3) is 0.279. The predicted octanol–water partition coefficient (Wildman–Crippen LogP) is 8.20. The number of hydrogen-bond donors (Lipinski definition) is 6. The van der Waals surface area contributed by atoms with Gasteiger partial charge >= 0.3 is 0 Å². The number of pyridine rings is 1. The Kier molecular flexibility index (Phi) is 13.1. The third-order valence-corrected chi connectivity index (χ3v) is 11.3. The van der Waals surface area contributed by atoms with E-state index in [1.807, 2.05) is 56.5 Å². The monoisotopic (exact) mass is 882 g/mol. The number of hydrogen-bond acceptors (Lipinski definition) is 12. The Morgan fingerprint density at radius 1 is 0.869 bits per heavy atom. The molecule has 316 valence electrons. The van der Waals surface area contributed by atoms with Crippen LogP contribution in [0.25, 0.3) is 33.3 Å². The van der Waals surface area contributed by atoms with Crippen LogP contribution in [0.15, 0.2) is 78.0 Å². The lowest BCUT2D eigenvalue weighted by molar-refractivity contribution is 0.0955. The Morgan fingerprint density at radius 3 is 2.31 bits per heavy atom. The van der Waals surface area contributed by atoms with E-state index in [1.54, 1.807) is 56.0 Å². The maximum absolute atomic E-state index is 13.7. The standard InChI is InChI=1S/C43H45Cl3N12O3/c1-22(2)30(20-59)37-54-38(36-40(55-37)58(21-51-36)23(3)4)52-27-10-11-28(32(45)17-27)41(60)49-15-14-48-33-13-12-31(44)34(35(33)46)29-16-25-19-50-43(56-39(25)57(5)42(29)61)53-26-8-6-24(18-47)7-9-26/h6-13,16-17,19,21-23,30,48,59H,14-15,18,20,47H2,1-5H3,(H,49,60)(H,50,53,56)(H,52,54,55)/t30-/m0/s1.